The molecule has 2 rings (SSSR count). The normalized spacial score (nSPS) is 10.6. The molecule has 0 atom stereocenters. The van der Waals surface area contributed by atoms with Crippen molar-refractivity contribution in [2.24, 2.45) is 0 Å². The topological polar surface area (TPSA) is 33.4 Å². The third-order valence-corrected chi connectivity index (χ3v) is 4.88. The molecule has 2 aromatic rings. The minimum absolute atomic E-state index is 0.215. The molecule has 0 N–H and O–H groups in total. The number of carbonyl (C=O) groups is 1. The van der Waals surface area contributed by atoms with Gasteiger partial charge in [0.05, 0.1) is 12.2 Å². The first-order valence-corrected chi connectivity index (χ1v) is 8.94. The minimum Gasteiger partial charge on any atom is -0.461 e. The van der Waals surface area contributed by atoms with Crippen molar-refractivity contribution >= 4 is 34.1 Å². The highest BCUT2D eigenvalue weighted by molar-refractivity contribution is 7.07. The number of benzene rings is 1. The molecule has 0 spiro atoms. The number of carbonyl (C=O) groups excluding carboxylic acids is 1. The number of halogens is 1. The largest absolute Gasteiger partial charge is 0.461 e. The van der Waals surface area contributed by atoms with E-state index in [0.717, 1.165) is 29.2 Å². The molecule has 1 heterocycles. The SMILES string of the molecule is CCOC(=O)C[n+]1cc(-c2ccc(Cl)cc2)c(N(CC)CC)s1. The van der Waals surface area contributed by atoms with Crippen LogP contribution in [-0.2, 0) is 16.1 Å². The molecule has 0 unspecified atom stereocenters. The lowest BCUT2D eigenvalue weighted by atomic mass is 10.1. The Balaban J connectivity index is 2.39. The standard InChI is InChI=1S/C17H22ClN2O2S/c1-4-19(5-2)17-15(13-7-9-14(18)10-8-13)11-20(23-17)12-16(21)22-6-3/h7-11H,4-6,12H2,1-3H3/q+1. The molecule has 0 fully saturated rings. The maximum absolute atomic E-state index is 11.8. The highest BCUT2D eigenvalue weighted by Crippen LogP contribution is 2.34. The Morgan fingerprint density at radius 2 is 1.87 bits per heavy atom. The van der Waals surface area contributed by atoms with Gasteiger partial charge < -0.3 is 9.64 Å². The smallest absolute Gasteiger partial charge is 0.373 e. The lowest BCUT2D eigenvalue weighted by molar-refractivity contribution is -0.616. The number of esters is 1. The van der Waals surface area contributed by atoms with Crippen molar-refractivity contribution in [2.45, 2.75) is 27.3 Å². The third-order valence-electron chi connectivity index (χ3n) is 3.50. The van der Waals surface area contributed by atoms with Gasteiger partial charge in [0.2, 0.25) is 0 Å². The zero-order valence-corrected chi connectivity index (χ0v) is 15.3. The van der Waals surface area contributed by atoms with Gasteiger partial charge in [-0.2, -0.15) is 0 Å². The monoisotopic (exact) mass is 353 g/mol. The fraction of sp³-hybridized carbons (Fsp3) is 0.412. The first kappa shape index (κ1) is 17.8. The molecule has 0 aliphatic rings. The number of anilines is 1. The van der Waals surface area contributed by atoms with Crippen molar-refractivity contribution < 1.29 is 13.5 Å². The number of hydrogen-bond acceptors (Lipinski definition) is 4. The Kier molecular flexibility index (Phi) is 6.42. The van der Waals surface area contributed by atoms with Crippen LogP contribution in [0.3, 0.4) is 0 Å². The van der Waals surface area contributed by atoms with Crippen molar-refractivity contribution in [2.75, 3.05) is 24.6 Å². The van der Waals surface area contributed by atoms with Crippen LogP contribution in [0.25, 0.3) is 11.1 Å². The van der Waals surface area contributed by atoms with E-state index in [0.29, 0.717) is 11.6 Å². The second-order valence-corrected chi connectivity index (χ2v) is 6.47. The van der Waals surface area contributed by atoms with E-state index in [9.17, 15) is 4.79 Å². The Morgan fingerprint density at radius 1 is 1.22 bits per heavy atom. The molecular weight excluding hydrogens is 332 g/mol. The van der Waals surface area contributed by atoms with Crippen molar-refractivity contribution in [1.82, 2.24) is 0 Å². The molecule has 0 saturated heterocycles. The van der Waals surface area contributed by atoms with E-state index in [1.807, 2.05) is 41.3 Å². The van der Waals surface area contributed by atoms with Crippen molar-refractivity contribution in [3.05, 3.63) is 35.5 Å². The van der Waals surface area contributed by atoms with Crippen LogP contribution in [0, 0.1) is 0 Å². The molecule has 124 valence electrons. The summed E-state index contributed by atoms with van der Waals surface area (Å²) in [5.41, 5.74) is 2.20. The zero-order chi connectivity index (χ0) is 16.8. The predicted molar refractivity (Wildman–Crippen MR) is 95.2 cm³/mol. The summed E-state index contributed by atoms with van der Waals surface area (Å²) in [6.45, 7) is 8.54. The number of ether oxygens (including phenoxy) is 1. The molecular formula is C17H22ClN2O2S+. The van der Waals surface area contributed by atoms with E-state index < -0.39 is 0 Å². The maximum Gasteiger partial charge on any atom is 0.373 e. The summed E-state index contributed by atoms with van der Waals surface area (Å²) in [6.07, 6.45) is 2.01. The summed E-state index contributed by atoms with van der Waals surface area (Å²) in [6, 6.07) is 7.78. The Morgan fingerprint density at radius 3 is 2.43 bits per heavy atom. The third kappa shape index (κ3) is 4.45. The van der Waals surface area contributed by atoms with Gasteiger partial charge >= 0.3 is 5.97 Å². The van der Waals surface area contributed by atoms with Crippen LogP contribution in [0.2, 0.25) is 5.02 Å². The van der Waals surface area contributed by atoms with Gasteiger partial charge in [-0.05, 0) is 38.5 Å². The Hall–Kier alpha value is -1.59. The van der Waals surface area contributed by atoms with Gasteiger partial charge in [0.25, 0.3) is 6.54 Å². The van der Waals surface area contributed by atoms with E-state index in [4.69, 9.17) is 16.3 Å². The molecule has 1 aromatic carbocycles. The predicted octanol–water partition coefficient (Wildman–Crippen LogP) is 3.77. The molecule has 23 heavy (non-hydrogen) atoms. The van der Waals surface area contributed by atoms with E-state index in [1.165, 1.54) is 0 Å². The molecule has 1 aromatic heterocycles. The van der Waals surface area contributed by atoms with Crippen molar-refractivity contribution in [3.8, 4) is 11.1 Å². The van der Waals surface area contributed by atoms with Gasteiger partial charge in [0.1, 0.15) is 0 Å². The summed E-state index contributed by atoms with van der Waals surface area (Å²) < 4.78 is 6.97. The van der Waals surface area contributed by atoms with Gasteiger partial charge in [-0.15, -0.1) is 3.96 Å². The first-order chi connectivity index (χ1) is 11.1. The maximum atomic E-state index is 11.8. The number of rotatable bonds is 7. The number of hydrogen-bond donors (Lipinski definition) is 0. The van der Waals surface area contributed by atoms with E-state index >= 15 is 0 Å². The lowest BCUT2D eigenvalue weighted by Crippen LogP contribution is -2.34. The number of aromatic nitrogens is 1. The van der Waals surface area contributed by atoms with Crippen LogP contribution in [-0.4, -0.2) is 25.7 Å². The molecule has 0 saturated carbocycles. The lowest BCUT2D eigenvalue weighted by Gasteiger charge is -2.18. The average molecular weight is 354 g/mol. The van der Waals surface area contributed by atoms with Crippen molar-refractivity contribution in [1.29, 1.82) is 0 Å². The molecule has 0 radical (unpaired) electrons. The van der Waals surface area contributed by atoms with Gasteiger partial charge in [-0.1, -0.05) is 23.7 Å². The fourth-order valence-electron chi connectivity index (χ4n) is 2.36. The van der Waals surface area contributed by atoms with Gasteiger partial charge in [-0.3, -0.25) is 0 Å². The van der Waals surface area contributed by atoms with Crippen LogP contribution in [0.1, 0.15) is 20.8 Å². The Bertz CT molecular complexity index is 651. The molecule has 4 nitrogen and oxygen atoms in total. The van der Waals surface area contributed by atoms with E-state index in [2.05, 4.69) is 18.7 Å². The second-order valence-electron chi connectivity index (χ2n) is 5.00. The molecule has 0 aliphatic heterocycles. The van der Waals surface area contributed by atoms with Gasteiger partial charge in [0, 0.05) is 18.1 Å². The highest BCUT2D eigenvalue weighted by Gasteiger charge is 2.23. The molecule has 6 heteroatoms. The summed E-state index contributed by atoms with van der Waals surface area (Å²) in [5.74, 6) is -0.215. The molecule has 0 aliphatic carbocycles. The minimum atomic E-state index is -0.215. The van der Waals surface area contributed by atoms with E-state index in [1.54, 1.807) is 11.5 Å². The summed E-state index contributed by atoms with van der Waals surface area (Å²) >= 11 is 7.57. The van der Waals surface area contributed by atoms with Crippen molar-refractivity contribution in [3.63, 3.8) is 0 Å². The summed E-state index contributed by atoms with van der Waals surface area (Å²) in [5, 5.41) is 1.87. The Labute approximate surface area is 146 Å². The summed E-state index contributed by atoms with van der Waals surface area (Å²) in [7, 11) is 0. The van der Waals surface area contributed by atoms with Crippen LogP contribution < -0.4 is 8.86 Å². The van der Waals surface area contributed by atoms with Crippen LogP contribution in [0.5, 0.6) is 0 Å². The van der Waals surface area contributed by atoms with Gasteiger partial charge in [0.15, 0.2) is 22.7 Å². The quantitative estimate of drug-likeness (QED) is 0.561. The van der Waals surface area contributed by atoms with Crippen LogP contribution in [0.15, 0.2) is 30.5 Å². The van der Waals surface area contributed by atoms with E-state index in [-0.39, 0.29) is 12.5 Å². The highest BCUT2D eigenvalue weighted by atomic mass is 35.5. The van der Waals surface area contributed by atoms with Crippen LogP contribution in [0.4, 0.5) is 5.00 Å². The van der Waals surface area contributed by atoms with Crippen LogP contribution >= 0.6 is 23.1 Å². The molecule has 0 amide bonds. The molecule has 0 bridgehead atoms. The average Bonchev–Trinajstić information content (AvgIpc) is 2.93. The fourth-order valence-corrected chi connectivity index (χ4v) is 3.68. The second kappa shape index (κ2) is 8.31. The number of nitrogens with zero attached hydrogens (tertiary/aromatic N) is 2. The first-order valence-electron chi connectivity index (χ1n) is 7.79. The van der Waals surface area contributed by atoms with Gasteiger partial charge in [-0.25, -0.2) is 4.79 Å². The zero-order valence-electron chi connectivity index (χ0n) is 13.7. The summed E-state index contributed by atoms with van der Waals surface area (Å²) in [4.78, 5) is 14.0.